The molecule has 0 unspecified atom stereocenters. The Hall–Kier alpha value is -2.14. The number of hydrogen-bond acceptors (Lipinski definition) is 4. The van der Waals surface area contributed by atoms with Gasteiger partial charge in [-0.2, -0.15) is 0 Å². The molecule has 5 heteroatoms. The second-order valence-corrected chi connectivity index (χ2v) is 4.55. The summed E-state index contributed by atoms with van der Waals surface area (Å²) in [6.07, 6.45) is 0. The van der Waals surface area contributed by atoms with E-state index in [-0.39, 0.29) is 5.43 Å². The van der Waals surface area contributed by atoms with Crippen molar-refractivity contribution in [2.45, 2.75) is 0 Å². The van der Waals surface area contributed by atoms with Gasteiger partial charge < -0.3 is 9.72 Å². The molecule has 0 aliphatic carbocycles. The van der Waals surface area contributed by atoms with E-state index in [0.29, 0.717) is 11.1 Å². The molecule has 0 amide bonds. The first-order chi connectivity index (χ1) is 8.78. The number of aromatic amines is 1. The molecule has 90 valence electrons. The number of rotatable bonds is 2. The van der Waals surface area contributed by atoms with Crippen LogP contribution in [0.1, 0.15) is 0 Å². The van der Waals surface area contributed by atoms with Gasteiger partial charge >= 0.3 is 0 Å². The minimum Gasteiger partial charge on any atom is -0.497 e. The van der Waals surface area contributed by atoms with Crippen molar-refractivity contribution in [3.05, 3.63) is 45.4 Å². The van der Waals surface area contributed by atoms with Crippen LogP contribution in [0.25, 0.3) is 22.3 Å². The Labute approximate surface area is 107 Å². The number of H-pyrrole nitrogens is 1. The minimum absolute atomic E-state index is 0.0191. The average molecular weight is 258 g/mol. The van der Waals surface area contributed by atoms with Crippen molar-refractivity contribution < 1.29 is 4.74 Å². The fraction of sp³-hybridized carbons (Fsp3) is 0.0769. The Morgan fingerprint density at radius 3 is 2.94 bits per heavy atom. The molecule has 0 atom stereocenters. The van der Waals surface area contributed by atoms with Crippen molar-refractivity contribution in [1.82, 2.24) is 9.97 Å². The standard InChI is InChI=1S/C13H10N2O2S/c1-17-8-2-3-9-10(4-8)15-11(5-13(9)16)12-6-18-7-14-12/h2-7H,1H3,(H,15,16). The Balaban J connectivity index is 2.28. The summed E-state index contributed by atoms with van der Waals surface area (Å²) in [6, 6.07) is 6.92. The van der Waals surface area contributed by atoms with Crippen LogP contribution in [0, 0.1) is 0 Å². The van der Waals surface area contributed by atoms with E-state index < -0.39 is 0 Å². The topological polar surface area (TPSA) is 55.0 Å². The number of methoxy groups -OCH3 is 1. The van der Waals surface area contributed by atoms with Gasteiger partial charge in [-0.3, -0.25) is 4.79 Å². The van der Waals surface area contributed by atoms with Gasteiger partial charge in [0, 0.05) is 22.9 Å². The second kappa shape index (κ2) is 4.27. The van der Waals surface area contributed by atoms with E-state index in [4.69, 9.17) is 4.74 Å². The van der Waals surface area contributed by atoms with Crippen LogP contribution in [0.5, 0.6) is 5.75 Å². The lowest BCUT2D eigenvalue weighted by Crippen LogP contribution is -2.03. The van der Waals surface area contributed by atoms with Crippen LogP contribution in [-0.2, 0) is 0 Å². The van der Waals surface area contributed by atoms with Crippen molar-refractivity contribution >= 4 is 22.2 Å². The summed E-state index contributed by atoms with van der Waals surface area (Å²) in [7, 11) is 1.60. The molecule has 1 N–H and O–H groups in total. The molecular weight excluding hydrogens is 248 g/mol. The molecule has 0 aliphatic heterocycles. The Bertz CT molecular complexity index is 747. The number of nitrogens with one attached hydrogen (secondary N) is 1. The van der Waals surface area contributed by atoms with E-state index >= 15 is 0 Å². The van der Waals surface area contributed by atoms with Gasteiger partial charge in [0.15, 0.2) is 5.43 Å². The van der Waals surface area contributed by atoms with Crippen LogP contribution in [-0.4, -0.2) is 17.1 Å². The second-order valence-electron chi connectivity index (χ2n) is 3.83. The SMILES string of the molecule is COc1ccc2c(=O)cc(-c3cscn3)[nH]c2c1. The predicted octanol–water partition coefficient (Wildman–Crippen LogP) is 2.66. The minimum atomic E-state index is -0.0191. The van der Waals surface area contributed by atoms with Gasteiger partial charge in [0.05, 0.1) is 29.5 Å². The number of hydrogen-bond donors (Lipinski definition) is 1. The average Bonchev–Trinajstić information content (AvgIpc) is 2.91. The monoisotopic (exact) mass is 258 g/mol. The van der Waals surface area contributed by atoms with E-state index in [1.54, 1.807) is 30.8 Å². The largest absolute Gasteiger partial charge is 0.497 e. The maximum Gasteiger partial charge on any atom is 0.190 e. The number of fused-ring (bicyclic) bond motifs is 1. The van der Waals surface area contributed by atoms with Gasteiger partial charge in [-0.05, 0) is 12.1 Å². The molecule has 2 heterocycles. The summed E-state index contributed by atoms with van der Waals surface area (Å²) in [4.78, 5) is 19.4. The zero-order chi connectivity index (χ0) is 12.5. The molecule has 0 spiro atoms. The first-order valence-corrected chi connectivity index (χ1v) is 6.32. The highest BCUT2D eigenvalue weighted by molar-refractivity contribution is 7.07. The highest BCUT2D eigenvalue weighted by Gasteiger charge is 2.06. The number of aromatic nitrogens is 2. The van der Waals surface area contributed by atoms with Gasteiger partial charge in [-0.15, -0.1) is 11.3 Å². The zero-order valence-corrected chi connectivity index (χ0v) is 10.5. The quantitative estimate of drug-likeness (QED) is 0.768. The molecular formula is C13H10N2O2S. The van der Waals surface area contributed by atoms with E-state index in [2.05, 4.69) is 9.97 Å². The van der Waals surface area contributed by atoms with Crippen LogP contribution in [0.3, 0.4) is 0 Å². The van der Waals surface area contributed by atoms with Gasteiger partial charge in [-0.1, -0.05) is 0 Å². The van der Waals surface area contributed by atoms with E-state index in [1.807, 2.05) is 11.4 Å². The first kappa shape index (κ1) is 11.0. The van der Waals surface area contributed by atoms with Crippen molar-refractivity contribution in [2.24, 2.45) is 0 Å². The van der Waals surface area contributed by atoms with Gasteiger partial charge in [0.25, 0.3) is 0 Å². The highest BCUT2D eigenvalue weighted by Crippen LogP contribution is 2.21. The number of nitrogens with zero attached hydrogens (tertiary/aromatic N) is 1. The van der Waals surface area contributed by atoms with Crippen LogP contribution < -0.4 is 10.2 Å². The third kappa shape index (κ3) is 1.78. The summed E-state index contributed by atoms with van der Waals surface area (Å²) in [5.41, 5.74) is 3.98. The summed E-state index contributed by atoms with van der Waals surface area (Å²) < 4.78 is 5.16. The zero-order valence-electron chi connectivity index (χ0n) is 9.64. The number of ether oxygens (including phenoxy) is 1. The van der Waals surface area contributed by atoms with Crippen LogP contribution in [0.15, 0.2) is 40.0 Å². The molecule has 1 aromatic carbocycles. The number of benzene rings is 1. The third-order valence-corrected chi connectivity index (χ3v) is 3.33. The number of pyridine rings is 1. The molecule has 0 aliphatic rings. The highest BCUT2D eigenvalue weighted by atomic mass is 32.1. The Morgan fingerprint density at radius 1 is 1.33 bits per heavy atom. The molecule has 18 heavy (non-hydrogen) atoms. The summed E-state index contributed by atoms with van der Waals surface area (Å²) in [6.45, 7) is 0. The summed E-state index contributed by atoms with van der Waals surface area (Å²) in [5.74, 6) is 0.716. The van der Waals surface area contributed by atoms with Crippen LogP contribution in [0.2, 0.25) is 0 Å². The lowest BCUT2D eigenvalue weighted by Gasteiger charge is -2.04. The predicted molar refractivity (Wildman–Crippen MR) is 72.2 cm³/mol. The fourth-order valence-electron chi connectivity index (χ4n) is 1.84. The van der Waals surface area contributed by atoms with Crippen LogP contribution >= 0.6 is 11.3 Å². The molecule has 0 fully saturated rings. The van der Waals surface area contributed by atoms with E-state index in [0.717, 1.165) is 16.9 Å². The molecule has 0 saturated heterocycles. The van der Waals surface area contributed by atoms with Crippen molar-refractivity contribution in [2.75, 3.05) is 7.11 Å². The molecule has 0 radical (unpaired) electrons. The van der Waals surface area contributed by atoms with Crippen molar-refractivity contribution in [1.29, 1.82) is 0 Å². The van der Waals surface area contributed by atoms with E-state index in [1.165, 1.54) is 11.3 Å². The maximum atomic E-state index is 12.0. The molecule has 2 aromatic heterocycles. The maximum absolute atomic E-state index is 12.0. The van der Waals surface area contributed by atoms with Crippen molar-refractivity contribution in [3.63, 3.8) is 0 Å². The van der Waals surface area contributed by atoms with Crippen molar-refractivity contribution in [3.8, 4) is 17.1 Å². The normalized spacial score (nSPS) is 10.7. The fourth-order valence-corrected chi connectivity index (χ4v) is 2.39. The number of thiazole rings is 1. The lowest BCUT2D eigenvalue weighted by atomic mass is 10.1. The van der Waals surface area contributed by atoms with Gasteiger partial charge in [0.1, 0.15) is 5.75 Å². The molecule has 0 saturated carbocycles. The summed E-state index contributed by atoms with van der Waals surface area (Å²) >= 11 is 1.50. The molecule has 3 rings (SSSR count). The molecule has 3 aromatic rings. The lowest BCUT2D eigenvalue weighted by molar-refractivity contribution is 0.415. The van der Waals surface area contributed by atoms with E-state index in [9.17, 15) is 4.79 Å². The van der Waals surface area contributed by atoms with Gasteiger partial charge in [0.2, 0.25) is 0 Å². The Kier molecular flexibility index (Phi) is 2.60. The molecule has 0 bridgehead atoms. The molecule has 4 nitrogen and oxygen atoms in total. The third-order valence-electron chi connectivity index (χ3n) is 2.75. The summed E-state index contributed by atoms with van der Waals surface area (Å²) in [5, 5.41) is 2.55. The van der Waals surface area contributed by atoms with Crippen LogP contribution in [0.4, 0.5) is 0 Å². The smallest absolute Gasteiger partial charge is 0.190 e. The van der Waals surface area contributed by atoms with Gasteiger partial charge in [-0.25, -0.2) is 4.98 Å². The first-order valence-electron chi connectivity index (χ1n) is 5.37. The Morgan fingerprint density at radius 2 is 2.22 bits per heavy atom.